The monoisotopic (exact) mass is 396 g/mol. The minimum atomic E-state index is -3.59. The molecule has 2 aromatic rings. The van der Waals surface area contributed by atoms with Crippen molar-refractivity contribution in [3.05, 3.63) is 71.2 Å². The molecule has 1 aliphatic heterocycles. The highest BCUT2D eigenvalue weighted by Gasteiger charge is 2.55. The van der Waals surface area contributed by atoms with Crippen molar-refractivity contribution < 1.29 is 17.7 Å². The summed E-state index contributed by atoms with van der Waals surface area (Å²) in [5.74, 6) is 0. The first-order chi connectivity index (χ1) is 13.1. The Kier molecular flexibility index (Phi) is 4.57. The molecule has 0 radical (unpaired) electrons. The van der Waals surface area contributed by atoms with Gasteiger partial charge in [-0.15, -0.1) is 0 Å². The quantitative estimate of drug-likeness (QED) is 0.733. The highest BCUT2D eigenvalue weighted by molar-refractivity contribution is 7.92. The number of hydrogen-bond acceptors (Lipinski definition) is 4. The molecule has 4 rings (SSSR count). The molecule has 0 amide bonds. The van der Waals surface area contributed by atoms with Gasteiger partial charge in [0.25, 0.3) is 0 Å². The average molecular weight is 396 g/mol. The van der Waals surface area contributed by atoms with Gasteiger partial charge in [0.05, 0.1) is 21.3 Å². The first-order valence-corrected chi connectivity index (χ1v) is 11.1. The van der Waals surface area contributed by atoms with Gasteiger partial charge in [0.2, 0.25) is 0 Å². The van der Waals surface area contributed by atoms with Crippen LogP contribution in [0.15, 0.2) is 65.0 Å². The fraction of sp³-hybridized carbons (Fsp3) is 0.364. The molecule has 0 N–H and O–H groups in total. The predicted molar refractivity (Wildman–Crippen MR) is 112 cm³/mol. The summed E-state index contributed by atoms with van der Waals surface area (Å²) in [5.41, 5.74) is 1.65. The molecular weight excluding hydrogens is 371 g/mol. The minimum absolute atomic E-state index is 0.321. The number of hydrogen-bond donors (Lipinski definition) is 0. The van der Waals surface area contributed by atoms with Gasteiger partial charge in [0.15, 0.2) is 9.84 Å². The first kappa shape index (κ1) is 19.4. The van der Waals surface area contributed by atoms with Gasteiger partial charge in [-0.25, -0.2) is 8.42 Å². The van der Waals surface area contributed by atoms with E-state index in [4.69, 9.17) is 9.31 Å². The molecule has 4 nitrogen and oxygen atoms in total. The molecule has 0 saturated carbocycles. The molecule has 1 aliphatic carbocycles. The lowest BCUT2D eigenvalue weighted by Crippen LogP contribution is -2.41. The van der Waals surface area contributed by atoms with Crippen molar-refractivity contribution in [2.45, 2.75) is 55.5 Å². The van der Waals surface area contributed by atoms with E-state index in [1.54, 1.807) is 24.3 Å². The van der Waals surface area contributed by atoms with E-state index in [2.05, 4.69) is 0 Å². The number of fused-ring (bicyclic) bond motifs is 1. The molecule has 0 aromatic heterocycles. The third kappa shape index (κ3) is 3.13. The predicted octanol–water partition coefficient (Wildman–Crippen LogP) is 4.10. The largest absolute Gasteiger partial charge is 0.491 e. The van der Waals surface area contributed by atoms with Gasteiger partial charge in [0.1, 0.15) is 0 Å². The number of rotatable bonds is 3. The summed E-state index contributed by atoms with van der Waals surface area (Å²) in [6, 6.07) is 16.5. The minimum Gasteiger partial charge on any atom is -0.400 e. The lowest BCUT2D eigenvalue weighted by atomic mass is 9.71. The van der Waals surface area contributed by atoms with E-state index in [9.17, 15) is 8.42 Å². The van der Waals surface area contributed by atoms with E-state index in [1.165, 1.54) is 0 Å². The van der Waals surface area contributed by atoms with Gasteiger partial charge in [0, 0.05) is 0 Å². The third-order valence-electron chi connectivity index (χ3n) is 6.13. The van der Waals surface area contributed by atoms with Crippen molar-refractivity contribution in [1.29, 1.82) is 0 Å². The van der Waals surface area contributed by atoms with Crippen LogP contribution >= 0.6 is 0 Å². The van der Waals surface area contributed by atoms with Crippen molar-refractivity contribution >= 4 is 23.0 Å². The maximum atomic E-state index is 13.5. The van der Waals surface area contributed by atoms with Crippen molar-refractivity contribution in [2.75, 3.05) is 0 Å². The Labute approximate surface area is 167 Å². The van der Waals surface area contributed by atoms with Gasteiger partial charge >= 0.3 is 7.12 Å². The Bertz CT molecular complexity index is 1010. The van der Waals surface area contributed by atoms with E-state index in [0.29, 0.717) is 16.8 Å². The Morgan fingerprint density at radius 2 is 1.46 bits per heavy atom. The second-order valence-electron chi connectivity index (χ2n) is 8.48. The van der Waals surface area contributed by atoms with Crippen molar-refractivity contribution in [3.8, 4) is 0 Å². The molecule has 1 atom stereocenters. The van der Waals surface area contributed by atoms with Gasteiger partial charge < -0.3 is 9.31 Å². The fourth-order valence-corrected chi connectivity index (χ4v) is 5.51. The van der Waals surface area contributed by atoms with E-state index < -0.39 is 33.4 Å². The summed E-state index contributed by atoms with van der Waals surface area (Å²) in [4.78, 5) is 0.321. The lowest BCUT2D eigenvalue weighted by Gasteiger charge is -2.32. The van der Waals surface area contributed by atoms with E-state index in [1.807, 2.05) is 64.1 Å². The molecule has 0 spiro atoms. The molecule has 0 bridgehead atoms. The SMILES string of the molecule is CC1(C)OB(C2=Cc3ccccc3CC2S(=O)(=O)c2ccccc2)OC1(C)C. The van der Waals surface area contributed by atoms with Gasteiger partial charge in [-0.3, -0.25) is 0 Å². The summed E-state index contributed by atoms with van der Waals surface area (Å²) in [6.45, 7) is 7.91. The van der Waals surface area contributed by atoms with Crippen LogP contribution in [0, 0.1) is 0 Å². The Morgan fingerprint density at radius 3 is 2.11 bits per heavy atom. The highest BCUT2D eigenvalue weighted by atomic mass is 32.2. The van der Waals surface area contributed by atoms with Crippen LogP contribution in [0.25, 0.3) is 6.08 Å². The van der Waals surface area contributed by atoms with Crippen LogP contribution in [0.1, 0.15) is 38.8 Å². The normalized spacial score (nSPS) is 23.2. The zero-order valence-electron chi connectivity index (χ0n) is 16.7. The molecule has 2 aliphatic rings. The number of sulfone groups is 1. The second kappa shape index (κ2) is 6.58. The van der Waals surface area contributed by atoms with E-state index in [0.717, 1.165) is 11.1 Å². The molecule has 28 heavy (non-hydrogen) atoms. The van der Waals surface area contributed by atoms with E-state index >= 15 is 0 Å². The van der Waals surface area contributed by atoms with Crippen LogP contribution in [0.4, 0.5) is 0 Å². The van der Waals surface area contributed by atoms with Gasteiger partial charge in [-0.2, -0.15) is 0 Å². The third-order valence-corrected chi connectivity index (χ3v) is 8.24. The Balaban J connectivity index is 1.82. The highest BCUT2D eigenvalue weighted by Crippen LogP contribution is 2.42. The molecule has 1 fully saturated rings. The maximum absolute atomic E-state index is 13.5. The maximum Gasteiger partial charge on any atom is 0.491 e. The summed E-state index contributed by atoms with van der Waals surface area (Å²) in [6.07, 6.45) is 2.34. The topological polar surface area (TPSA) is 52.6 Å². The smallest absolute Gasteiger partial charge is 0.400 e. The second-order valence-corrected chi connectivity index (χ2v) is 10.6. The van der Waals surface area contributed by atoms with Crippen LogP contribution in [-0.4, -0.2) is 32.0 Å². The molecule has 1 unspecified atom stereocenters. The van der Waals surface area contributed by atoms with Crippen LogP contribution in [0.5, 0.6) is 0 Å². The standard InChI is InChI=1S/C22H25BO4S/c1-21(2)22(3,4)27-23(26-21)19-14-16-10-8-9-11-17(16)15-20(19)28(24,25)18-12-6-5-7-13-18/h5-14,20H,15H2,1-4H3. The Hall–Kier alpha value is -1.89. The van der Waals surface area contributed by atoms with Gasteiger partial charge in [-0.1, -0.05) is 48.5 Å². The molecule has 2 aromatic carbocycles. The van der Waals surface area contributed by atoms with Crippen LogP contribution in [-0.2, 0) is 25.6 Å². The van der Waals surface area contributed by atoms with Crippen LogP contribution in [0.3, 0.4) is 0 Å². The average Bonchev–Trinajstić information content (AvgIpc) is 2.88. The number of benzene rings is 2. The zero-order chi connectivity index (χ0) is 20.2. The zero-order valence-corrected chi connectivity index (χ0v) is 17.5. The molecule has 1 heterocycles. The van der Waals surface area contributed by atoms with Gasteiger partial charge in [-0.05, 0) is 62.8 Å². The lowest BCUT2D eigenvalue weighted by molar-refractivity contribution is 0.00578. The van der Waals surface area contributed by atoms with Crippen molar-refractivity contribution in [3.63, 3.8) is 0 Å². The molecule has 6 heteroatoms. The Morgan fingerprint density at radius 1 is 0.893 bits per heavy atom. The van der Waals surface area contributed by atoms with Crippen molar-refractivity contribution in [1.82, 2.24) is 0 Å². The van der Waals surface area contributed by atoms with Crippen molar-refractivity contribution in [2.24, 2.45) is 0 Å². The summed E-state index contributed by atoms with van der Waals surface area (Å²) in [5, 5.41) is -0.723. The van der Waals surface area contributed by atoms with E-state index in [-0.39, 0.29) is 0 Å². The fourth-order valence-electron chi connectivity index (χ4n) is 3.71. The molecule has 146 valence electrons. The molecule has 1 saturated heterocycles. The summed E-state index contributed by atoms with van der Waals surface area (Å²) < 4.78 is 39.5. The molecular formula is C22H25BO4S. The van der Waals surface area contributed by atoms with Crippen LogP contribution < -0.4 is 0 Å². The van der Waals surface area contributed by atoms with Crippen LogP contribution in [0.2, 0.25) is 0 Å². The summed E-state index contributed by atoms with van der Waals surface area (Å²) >= 11 is 0. The summed E-state index contributed by atoms with van der Waals surface area (Å²) in [7, 11) is -4.29. The first-order valence-electron chi connectivity index (χ1n) is 9.56.